The SMILES string of the molecule is CCc1nn(C)cc1Cn1c(C)cc2c1CCCC2N. The summed E-state index contributed by atoms with van der Waals surface area (Å²) in [6, 6.07) is 2.50. The predicted octanol–water partition coefficient (Wildman–Crippen LogP) is 2.48. The second kappa shape index (κ2) is 5.09. The van der Waals surface area contributed by atoms with E-state index in [2.05, 4.69) is 35.8 Å². The molecule has 0 spiro atoms. The quantitative estimate of drug-likeness (QED) is 0.933. The van der Waals surface area contributed by atoms with Gasteiger partial charge in [0.2, 0.25) is 0 Å². The molecule has 0 bridgehead atoms. The lowest BCUT2D eigenvalue weighted by Gasteiger charge is -2.21. The van der Waals surface area contributed by atoms with Gasteiger partial charge in [-0.3, -0.25) is 4.68 Å². The molecule has 108 valence electrons. The molecule has 0 radical (unpaired) electrons. The minimum Gasteiger partial charge on any atom is -0.344 e. The second-order valence-corrected chi connectivity index (χ2v) is 5.90. The van der Waals surface area contributed by atoms with Crippen LogP contribution in [-0.2, 0) is 26.4 Å². The van der Waals surface area contributed by atoms with Crippen molar-refractivity contribution in [2.24, 2.45) is 12.8 Å². The number of fused-ring (bicyclic) bond motifs is 1. The van der Waals surface area contributed by atoms with E-state index in [4.69, 9.17) is 5.73 Å². The minimum atomic E-state index is 0.221. The number of nitrogens with two attached hydrogens (primary N) is 1. The van der Waals surface area contributed by atoms with Gasteiger partial charge in [-0.15, -0.1) is 0 Å². The molecule has 0 fully saturated rings. The fourth-order valence-electron chi connectivity index (χ4n) is 3.40. The summed E-state index contributed by atoms with van der Waals surface area (Å²) in [5.74, 6) is 0. The van der Waals surface area contributed by atoms with Gasteiger partial charge >= 0.3 is 0 Å². The van der Waals surface area contributed by atoms with Gasteiger partial charge in [0.25, 0.3) is 0 Å². The van der Waals surface area contributed by atoms with Crippen LogP contribution in [0.15, 0.2) is 12.3 Å². The highest BCUT2D eigenvalue weighted by Gasteiger charge is 2.22. The molecule has 2 N–H and O–H groups in total. The number of nitrogens with zero attached hydrogens (tertiary/aromatic N) is 3. The third-order valence-corrected chi connectivity index (χ3v) is 4.43. The third kappa shape index (κ3) is 2.18. The molecule has 0 saturated heterocycles. The van der Waals surface area contributed by atoms with E-state index >= 15 is 0 Å². The van der Waals surface area contributed by atoms with E-state index in [0.717, 1.165) is 25.8 Å². The first-order chi connectivity index (χ1) is 9.60. The van der Waals surface area contributed by atoms with Crippen molar-refractivity contribution >= 4 is 0 Å². The number of hydrogen-bond donors (Lipinski definition) is 1. The van der Waals surface area contributed by atoms with Crippen LogP contribution in [0.3, 0.4) is 0 Å². The van der Waals surface area contributed by atoms with E-state index < -0.39 is 0 Å². The minimum absolute atomic E-state index is 0.221. The molecule has 1 unspecified atom stereocenters. The molecule has 0 amide bonds. The molecule has 0 aliphatic heterocycles. The van der Waals surface area contributed by atoms with Crippen LogP contribution in [0.2, 0.25) is 0 Å². The number of hydrogen-bond acceptors (Lipinski definition) is 2. The highest BCUT2D eigenvalue weighted by molar-refractivity contribution is 5.34. The van der Waals surface area contributed by atoms with Crippen LogP contribution in [0.1, 0.15) is 54.0 Å². The Morgan fingerprint density at radius 3 is 3.00 bits per heavy atom. The summed E-state index contributed by atoms with van der Waals surface area (Å²) in [5.41, 5.74) is 12.9. The molecule has 0 saturated carbocycles. The summed E-state index contributed by atoms with van der Waals surface area (Å²) in [6.07, 6.45) is 6.60. The standard InChI is InChI=1S/C16H24N4/c1-4-15-12(9-19(3)18-15)10-20-11(2)8-13-14(17)6-5-7-16(13)20/h8-9,14H,4-7,10,17H2,1-3H3. The highest BCUT2D eigenvalue weighted by atomic mass is 15.3. The zero-order valence-electron chi connectivity index (χ0n) is 12.7. The van der Waals surface area contributed by atoms with Crippen molar-refractivity contribution in [1.29, 1.82) is 0 Å². The van der Waals surface area contributed by atoms with Gasteiger partial charge in [0.1, 0.15) is 0 Å². The molecule has 1 aliphatic rings. The Labute approximate surface area is 120 Å². The molecule has 0 aromatic carbocycles. The zero-order chi connectivity index (χ0) is 14.3. The average Bonchev–Trinajstić information content (AvgIpc) is 2.93. The van der Waals surface area contributed by atoms with Gasteiger partial charge in [-0.1, -0.05) is 6.92 Å². The summed E-state index contributed by atoms with van der Waals surface area (Å²) in [4.78, 5) is 0. The van der Waals surface area contributed by atoms with E-state index in [1.807, 2.05) is 11.7 Å². The molecular formula is C16H24N4. The maximum atomic E-state index is 6.25. The van der Waals surface area contributed by atoms with Gasteiger partial charge in [0.15, 0.2) is 0 Å². The fourth-order valence-corrected chi connectivity index (χ4v) is 3.40. The Bertz CT molecular complexity index is 621. The molecule has 3 rings (SSSR count). The molecule has 2 aromatic rings. The summed E-state index contributed by atoms with van der Waals surface area (Å²) in [5, 5.41) is 4.54. The normalized spacial score (nSPS) is 18.3. The first-order valence-corrected chi connectivity index (χ1v) is 7.56. The van der Waals surface area contributed by atoms with Crippen LogP contribution in [0.25, 0.3) is 0 Å². The summed E-state index contributed by atoms with van der Waals surface area (Å²) >= 11 is 0. The number of aryl methyl sites for hydroxylation is 3. The molecule has 2 heterocycles. The Hall–Kier alpha value is -1.55. The lowest BCUT2D eigenvalue weighted by molar-refractivity contribution is 0.546. The maximum absolute atomic E-state index is 6.25. The van der Waals surface area contributed by atoms with Crippen LogP contribution in [-0.4, -0.2) is 14.3 Å². The van der Waals surface area contributed by atoms with Gasteiger partial charge in [-0.2, -0.15) is 5.10 Å². The Balaban J connectivity index is 1.98. The largest absolute Gasteiger partial charge is 0.344 e. The smallest absolute Gasteiger partial charge is 0.0671 e. The van der Waals surface area contributed by atoms with Gasteiger partial charge in [0, 0.05) is 36.2 Å². The van der Waals surface area contributed by atoms with Gasteiger partial charge < -0.3 is 10.3 Å². The molecule has 4 nitrogen and oxygen atoms in total. The number of aromatic nitrogens is 3. The van der Waals surface area contributed by atoms with Crippen LogP contribution >= 0.6 is 0 Å². The summed E-state index contributed by atoms with van der Waals surface area (Å²) in [6.45, 7) is 5.28. The molecule has 1 aliphatic carbocycles. The third-order valence-electron chi connectivity index (χ3n) is 4.43. The van der Waals surface area contributed by atoms with E-state index in [1.54, 1.807) is 0 Å². The number of rotatable bonds is 3. The van der Waals surface area contributed by atoms with Crippen molar-refractivity contribution in [2.75, 3.05) is 0 Å². The molecular weight excluding hydrogens is 248 g/mol. The van der Waals surface area contributed by atoms with Crippen molar-refractivity contribution in [3.05, 3.63) is 40.5 Å². The Kier molecular flexibility index (Phi) is 3.42. The lowest BCUT2D eigenvalue weighted by Crippen LogP contribution is -2.18. The first kappa shape index (κ1) is 13.4. The molecule has 1 atom stereocenters. The lowest BCUT2D eigenvalue weighted by atomic mass is 9.93. The van der Waals surface area contributed by atoms with Gasteiger partial charge in [-0.05, 0) is 44.2 Å². The van der Waals surface area contributed by atoms with Gasteiger partial charge in [-0.25, -0.2) is 0 Å². The highest BCUT2D eigenvalue weighted by Crippen LogP contribution is 2.31. The summed E-state index contributed by atoms with van der Waals surface area (Å²) < 4.78 is 4.36. The van der Waals surface area contributed by atoms with Crippen LogP contribution in [0.4, 0.5) is 0 Å². The maximum Gasteiger partial charge on any atom is 0.0671 e. The van der Waals surface area contributed by atoms with E-state index in [1.165, 1.54) is 34.6 Å². The van der Waals surface area contributed by atoms with Crippen molar-refractivity contribution in [1.82, 2.24) is 14.3 Å². The van der Waals surface area contributed by atoms with Crippen LogP contribution < -0.4 is 5.73 Å². The monoisotopic (exact) mass is 272 g/mol. The van der Waals surface area contributed by atoms with Crippen LogP contribution in [0, 0.1) is 6.92 Å². The molecule has 2 aromatic heterocycles. The topological polar surface area (TPSA) is 48.8 Å². The van der Waals surface area contributed by atoms with E-state index in [0.29, 0.717) is 0 Å². The van der Waals surface area contributed by atoms with Crippen molar-refractivity contribution < 1.29 is 0 Å². The van der Waals surface area contributed by atoms with E-state index in [-0.39, 0.29) is 6.04 Å². The fraction of sp³-hybridized carbons (Fsp3) is 0.562. The summed E-state index contributed by atoms with van der Waals surface area (Å²) in [7, 11) is 2.00. The second-order valence-electron chi connectivity index (χ2n) is 5.90. The van der Waals surface area contributed by atoms with E-state index in [9.17, 15) is 0 Å². The Morgan fingerprint density at radius 1 is 1.45 bits per heavy atom. The van der Waals surface area contributed by atoms with Crippen molar-refractivity contribution in [3.63, 3.8) is 0 Å². The molecule has 20 heavy (non-hydrogen) atoms. The van der Waals surface area contributed by atoms with Crippen LogP contribution in [0.5, 0.6) is 0 Å². The first-order valence-electron chi connectivity index (χ1n) is 7.56. The van der Waals surface area contributed by atoms with Crippen molar-refractivity contribution in [3.8, 4) is 0 Å². The van der Waals surface area contributed by atoms with Gasteiger partial charge in [0.05, 0.1) is 12.2 Å². The average molecular weight is 272 g/mol. The Morgan fingerprint density at radius 2 is 2.25 bits per heavy atom. The molecule has 4 heteroatoms. The zero-order valence-corrected chi connectivity index (χ0v) is 12.7. The predicted molar refractivity (Wildman–Crippen MR) is 80.7 cm³/mol. The van der Waals surface area contributed by atoms with Crippen molar-refractivity contribution in [2.45, 2.75) is 52.1 Å².